The predicted octanol–water partition coefficient (Wildman–Crippen LogP) is 0.0481. The Kier molecular flexibility index (Phi) is 2.04. The fourth-order valence-electron chi connectivity index (χ4n) is 1.35. The molecule has 0 atom stereocenters. The lowest BCUT2D eigenvalue weighted by Crippen LogP contribution is -2.25. The first kappa shape index (κ1) is 9.78. The molecule has 0 spiro atoms. The molecule has 0 aromatic carbocycles. The smallest absolute Gasteiger partial charge is 0.275 e. The third kappa shape index (κ3) is 1.40. The molecule has 0 bridgehead atoms. The molecule has 0 saturated heterocycles. The van der Waals surface area contributed by atoms with Gasteiger partial charge >= 0.3 is 0 Å². The van der Waals surface area contributed by atoms with Crippen LogP contribution in [-0.2, 0) is 7.05 Å². The van der Waals surface area contributed by atoms with E-state index >= 15 is 0 Å². The van der Waals surface area contributed by atoms with Crippen LogP contribution in [0.5, 0.6) is 0 Å². The maximum atomic E-state index is 11.6. The second kappa shape index (κ2) is 3.13. The van der Waals surface area contributed by atoms with Crippen molar-refractivity contribution >= 4 is 23.7 Å². The zero-order valence-electron chi connectivity index (χ0n) is 8.26. The van der Waals surface area contributed by atoms with E-state index in [4.69, 9.17) is 18.0 Å². The number of aryl methyl sites for hydroxylation is 2. The third-order valence-corrected chi connectivity index (χ3v) is 2.37. The largest absolute Gasteiger partial charge is 0.383 e. The lowest BCUT2D eigenvalue weighted by atomic mass is 10.5. The summed E-state index contributed by atoms with van der Waals surface area (Å²) in [5.74, 6) is 0.278. The summed E-state index contributed by atoms with van der Waals surface area (Å²) >= 11 is 5.00. The van der Waals surface area contributed by atoms with E-state index in [1.807, 2.05) is 0 Å². The molecule has 6 nitrogen and oxygen atoms in total. The summed E-state index contributed by atoms with van der Waals surface area (Å²) in [5.41, 5.74) is 6.28. The number of nitrogens with zero attached hydrogens (tertiary/aromatic N) is 4. The van der Waals surface area contributed by atoms with Gasteiger partial charge in [-0.2, -0.15) is 9.61 Å². The first-order valence-corrected chi connectivity index (χ1v) is 4.64. The Hall–Kier alpha value is -1.76. The van der Waals surface area contributed by atoms with E-state index in [1.165, 1.54) is 9.08 Å². The minimum absolute atomic E-state index is 0.171. The lowest BCUT2D eigenvalue weighted by Gasteiger charge is -2.07. The van der Waals surface area contributed by atoms with Crippen LogP contribution < -0.4 is 11.3 Å². The number of nitrogen functional groups attached to an aromatic ring is 1. The van der Waals surface area contributed by atoms with Gasteiger partial charge < -0.3 is 5.73 Å². The van der Waals surface area contributed by atoms with E-state index in [9.17, 15) is 4.79 Å². The van der Waals surface area contributed by atoms with Gasteiger partial charge in [0.2, 0.25) is 4.77 Å². The van der Waals surface area contributed by atoms with Gasteiger partial charge in [-0.25, -0.2) is 4.98 Å². The Morgan fingerprint density at radius 2 is 2.20 bits per heavy atom. The van der Waals surface area contributed by atoms with E-state index < -0.39 is 0 Å². The SMILES string of the molecule is Cc1nn2c(=S)nc(N)cc2n(C)c1=O. The van der Waals surface area contributed by atoms with Crippen LogP contribution in [0.3, 0.4) is 0 Å². The van der Waals surface area contributed by atoms with Gasteiger partial charge in [-0.1, -0.05) is 0 Å². The molecular formula is C8H9N5OS. The quantitative estimate of drug-likeness (QED) is 0.638. The molecule has 0 aliphatic rings. The maximum absolute atomic E-state index is 11.6. The molecule has 0 amide bonds. The van der Waals surface area contributed by atoms with Gasteiger partial charge in [0.15, 0.2) is 0 Å². The van der Waals surface area contributed by atoms with Gasteiger partial charge in [-0.3, -0.25) is 9.36 Å². The van der Waals surface area contributed by atoms with Crippen LogP contribution in [-0.4, -0.2) is 19.2 Å². The van der Waals surface area contributed by atoms with Crippen LogP contribution in [0.25, 0.3) is 5.65 Å². The van der Waals surface area contributed by atoms with Crippen LogP contribution in [0, 0.1) is 11.7 Å². The van der Waals surface area contributed by atoms with E-state index in [-0.39, 0.29) is 16.1 Å². The highest BCUT2D eigenvalue weighted by molar-refractivity contribution is 7.71. The lowest BCUT2D eigenvalue weighted by molar-refractivity contribution is 0.736. The Bertz CT molecular complexity index is 656. The van der Waals surface area contributed by atoms with Crippen LogP contribution >= 0.6 is 12.2 Å². The number of fused-ring (bicyclic) bond motifs is 1. The van der Waals surface area contributed by atoms with Crippen molar-refractivity contribution in [3.8, 4) is 0 Å². The van der Waals surface area contributed by atoms with Crippen molar-refractivity contribution < 1.29 is 0 Å². The fourth-order valence-corrected chi connectivity index (χ4v) is 1.59. The molecule has 0 unspecified atom stereocenters. The van der Waals surface area contributed by atoms with Crippen LogP contribution in [0.2, 0.25) is 0 Å². The number of hydrogen-bond donors (Lipinski definition) is 1. The van der Waals surface area contributed by atoms with Gasteiger partial charge in [0.1, 0.15) is 17.2 Å². The molecule has 7 heteroatoms. The summed E-state index contributed by atoms with van der Waals surface area (Å²) in [6.45, 7) is 1.62. The number of rotatable bonds is 0. The van der Waals surface area contributed by atoms with Crippen molar-refractivity contribution in [1.29, 1.82) is 0 Å². The minimum Gasteiger partial charge on any atom is -0.383 e. The molecule has 15 heavy (non-hydrogen) atoms. The average Bonchev–Trinajstić information content (AvgIpc) is 2.17. The second-order valence-electron chi connectivity index (χ2n) is 3.18. The van der Waals surface area contributed by atoms with Crippen molar-refractivity contribution in [3.05, 3.63) is 26.9 Å². The molecule has 78 valence electrons. The number of anilines is 1. The van der Waals surface area contributed by atoms with Gasteiger partial charge in [0.05, 0.1) is 0 Å². The molecule has 2 heterocycles. The second-order valence-corrected chi connectivity index (χ2v) is 3.55. The topological polar surface area (TPSA) is 78.2 Å². The Morgan fingerprint density at radius 3 is 2.87 bits per heavy atom. The summed E-state index contributed by atoms with van der Waals surface area (Å²) in [6, 6.07) is 1.56. The number of hydrogen-bond acceptors (Lipinski definition) is 5. The highest BCUT2D eigenvalue weighted by Gasteiger charge is 2.06. The normalized spacial score (nSPS) is 10.8. The summed E-state index contributed by atoms with van der Waals surface area (Å²) < 4.78 is 3.10. The number of nitrogens with two attached hydrogens (primary N) is 1. The van der Waals surface area contributed by atoms with Crippen molar-refractivity contribution in [2.75, 3.05) is 5.73 Å². The minimum atomic E-state index is -0.171. The van der Waals surface area contributed by atoms with Crippen LogP contribution in [0.1, 0.15) is 5.69 Å². The summed E-state index contributed by atoms with van der Waals surface area (Å²) in [5, 5.41) is 4.04. The Balaban J connectivity index is 3.13. The van der Waals surface area contributed by atoms with E-state index in [1.54, 1.807) is 20.0 Å². The molecule has 0 fully saturated rings. The summed E-state index contributed by atoms with van der Waals surface area (Å²) in [4.78, 5) is 15.5. The van der Waals surface area contributed by atoms with Gasteiger partial charge in [0, 0.05) is 13.1 Å². The van der Waals surface area contributed by atoms with Crippen LogP contribution in [0.4, 0.5) is 5.82 Å². The maximum Gasteiger partial charge on any atom is 0.275 e. The Morgan fingerprint density at radius 1 is 1.53 bits per heavy atom. The predicted molar refractivity (Wildman–Crippen MR) is 58.2 cm³/mol. The monoisotopic (exact) mass is 223 g/mol. The van der Waals surface area contributed by atoms with Crippen molar-refractivity contribution in [3.63, 3.8) is 0 Å². The first-order valence-electron chi connectivity index (χ1n) is 4.24. The molecule has 0 aliphatic carbocycles. The van der Waals surface area contributed by atoms with Crippen LogP contribution in [0.15, 0.2) is 10.9 Å². The van der Waals surface area contributed by atoms with Gasteiger partial charge in [-0.05, 0) is 19.1 Å². The van der Waals surface area contributed by atoms with Gasteiger partial charge in [-0.15, -0.1) is 0 Å². The molecule has 2 N–H and O–H groups in total. The molecular weight excluding hydrogens is 214 g/mol. The van der Waals surface area contributed by atoms with E-state index in [0.29, 0.717) is 11.3 Å². The Labute approximate surface area is 90.0 Å². The van der Waals surface area contributed by atoms with Crippen molar-refractivity contribution in [2.24, 2.45) is 7.05 Å². The summed E-state index contributed by atoms with van der Waals surface area (Å²) in [7, 11) is 1.64. The van der Waals surface area contributed by atoms with Crippen molar-refractivity contribution in [2.45, 2.75) is 6.92 Å². The highest BCUT2D eigenvalue weighted by Crippen LogP contribution is 2.03. The van der Waals surface area contributed by atoms with E-state index in [0.717, 1.165) is 0 Å². The molecule has 0 saturated carbocycles. The number of aromatic nitrogens is 4. The molecule has 0 radical (unpaired) electrons. The zero-order valence-corrected chi connectivity index (χ0v) is 9.08. The molecule has 2 rings (SSSR count). The third-order valence-electron chi connectivity index (χ3n) is 2.11. The van der Waals surface area contributed by atoms with Gasteiger partial charge in [0.25, 0.3) is 5.56 Å². The van der Waals surface area contributed by atoms with E-state index in [2.05, 4.69) is 10.1 Å². The molecule has 2 aromatic heterocycles. The summed E-state index contributed by atoms with van der Waals surface area (Å²) in [6.07, 6.45) is 0. The fraction of sp³-hybridized carbons (Fsp3) is 0.250. The standard InChI is InChI=1S/C8H9N5OS/c1-4-7(14)12(2)6-3-5(9)10-8(15)13(6)11-4/h3H,1-2H3,(H2,9,10,15). The molecule has 0 aliphatic heterocycles. The average molecular weight is 223 g/mol. The first-order chi connectivity index (χ1) is 7.00. The highest BCUT2D eigenvalue weighted by atomic mass is 32.1. The van der Waals surface area contributed by atoms with Crippen molar-refractivity contribution in [1.82, 2.24) is 19.2 Å². The zero-order chi connectivity index (χ0) is 11.2. The molecule has 2 aromatic rings.